The minimum atomic E-state index is -0.626. The van der Waals surface area contributed by atoms with Gasteiger partial charge in [-0.3, -0.25) is 18.6 Å². The van der Waals surface area contributed by atoms with Crippen molar-refractivity contribution in [3.05, 3.63) is 107 Å². The lowest BCUT2D eigenvalue weighted by Crippen LogP contribution is -2.23. The van der Waals surface area contributed by atoms with Gasteiger partial charge in [0.2, 0.25) is 11.7 Å². The second-order valence-electron chi connectivity index (χ2n) is 7.97. The van der Waals surface area contributed by atoms with Crippen molar-refractivity contribution in [1.29, 1.82) is 0 Å². The van der Waals surface area contributed by atoms with Crippen LogP contribution in [0.15, 0.2) is 101 Å². The highest BCUT2D eigenvalue weighted by Crippen LogP contribution is 2.36. The van der Waals surface area contributed by atoms with Gasteiger partial charge in [0.25, 0.3) is 5.56 Å². The van der Waals surface area contributed by atoms with Crippen molar-refractivity contribution in [1.82, 2.24) is 19.2 Å². The lowest BCUT2D eigenvalue weighted by molar-refractivity contribution is -0.115. The number of thioether (sulfide) groups is 1. The largest absolute Gasteiger partial charge is 0.497 e. The maximum atomic E-state index is 13.5. The molecule has 0 saturated heterocycles. The van der Waals surface area contributed by atoms with Gasteiger partial charge in [0, 0.05) is 12.2 Å². The van der Waals surface area contributed by atoms with Crippen LogP contribution in [0.25, 0.3) is 16.7 Å². The average molecular weight is 498 g/mol. The molecule has 0 spiro atoms. The summed E-state index contributed by atoms with van der Waals surface area (Å²) in [4.78, 5) is 26.6. The van der Waals surface area contributed by atoms with Gasteiger partial charge in [0.1, 0.15) is 11.0 Å². The van der Waals surface area contributed by atoms with Crippen molar-refractivity contribution in [2.45, 2.75) is 17.0 Å². The van der Waals surface area contributed by atoms with E-state index in [1.807, 2.05) is 52.9 Å². The predicted molar refractivity (Wildman–Crippen MR) is 142 cm³/mol. The van der Waals surface area contributed by atoms with Crippen LogP contribution in [0.5, 0.6) is 5.75 Å². The fourth-order valence-electron chi connectivity index (χ4n) is 3.99. The molecule has 0 aliphatic rings. The summed E-state index contributed by atoms with van der Waals surface area (Å²) in [6, 6.07) is 24.0. The van der Waals surface area contributed by atoms with Crippen molar-refractivity contribution in [2.24, 2.45) is 0 Å². The molecule has 8 nitrogen and oxygen atoms in total. The number of allylic oxidation sites excluding steroid dienone is 1. The monoisotopic (exact) mass is 497 g/mol. The number of nitrogens with zero attached hydrogens (tertiary/aromatic N) is 4. The Labute approximate surface area is 211 Å². The number of aromatic nitrogens is 4. The SMILES string of the molecule is C=CCn1c(=O)c2ccccc2n2c(SC(C(=O)Nc3ccc(OC)cc3)c3ccccc3)nnc12. The first-order valence-electron chi connectivity index (χ1n) is 11.2. The number of para-hydroxylation sites is 1. The number of ether oxygens (including phenoxy) is 1. The van der Waals surface area contributed by atoms with E-state index in [1.54, 1.807) is 43.5 Å². The molecule has 1 amide bonds. The summed E-state index contributed by atoms with van der Waals surface area (Å²) >= 11 is 1.27. The normalized spacial score (nSPS) is 11.9. The number of nitrogens with one attached hydrogen (secondary N) is 1. The van der Waals surface area contributed by atoms with Gasteiger partial charge in [-0.1, -0.05) is 60.3 Å². The average Bonchev–Trinajstić information content (AvgIpc) is 3.34. The van der Waals surface area contributed by atoms with E-state index in [0.29, 0.717) is 33.3 Å². The molecule has 0 aliphatic heterocycles. The molecule has 0 saturated carbocycles. The molecule has 1 unspecified atom stereocenters. The number of methoxy groups -OCH3 is 1. The summed E-state index contributed by atoms with van der Waals surface area (Å²) in [6.45, 7) is 4.06. The van der Waals surface area contributed by atoms with Gasteiger partial charge in [-0.05, 0) is 42.0 Å². The fourth-order valence-corrected chi connectivity index (χ4v) is 5.04. The van der Waals surface area contributed by atoms with Crippen LogP contribution in [0.4, 0.5) is 5.69 Å². The quantitative estimate of drug-likeness (QED) is 0.247. The zero-order chi connectivity index (χ0) is 25.1. The van der Waals surface area contributed by atoms with Crippen LogP contribution in [0.1, 0.15) is 10.8 Å². The minimum Gasteiger partial charge on any atom is -0.497 e. The Morgan fingerprint density at radius 3 is 2.50 bits per heavy atom. The van der Waals surface area contributed by atoms with Crippen LogP contribution in [0, 0.1) is 0 Å². The van der Waals surface area contributed by atoms with Crippen LogP contribution < -0.4 is 15.6 Å². The van der Waals surface area contributed by atoms with Gasteiger partial charge in [-0.15, -0.1) is 16.8 Å². The molecule has 2 aromatic heterocycles. The summed E-state index contributed by atoms with van der Waals surface area (Å²) < 4.78 is 8.56. The maximum absolute atomic E-state index is 13.5. The number of rotatable bonds is 8. The molecule has 0 fully saturated rings. The summed E-state index contributed by atoms with van der Waals surface area (Å²) in [5.74, 6) is 0.884. The van der Waals surface area contributed by atoms with E-state index in [2.05, 4.69) is 22.1 Å². The molecule has 0 aliphatic carbocycles. The molecular weight excluding hydrogens is 474 g/mol. The lowest BCUT2D eigenvalue weighted by atomic mass is 10.1. The summed E-state index contributed by atoms with van der Waals surface area (Å²) in [7, 11) is 1.59. The van der Waals surface area contributed by atoms with Gasteiger partial charge in [0.15, 0.2) is 5.16 Å². The zero-order valence-corrected chi connectivity index (χ0v) is 20.3. The molecule has 1 atom stereocenters. The van der Waals surface area contributed by atoms with Crippen molar-refractivity contribution >= 4 is 40.0 Å². The Kier molecular flexibility index (Phi) is 6.55. The molecule has 5 aromatic rings. The topological polar surface area (TPSA) is 90.5 Å². The lowest BCUT2D eigenvalue weighted by Gasteiger charge is -2.17. The third-order valence-electron chi connectivity index (χ3n) is 5.71. The smallest absolute Gasteiger partial charge is 0.263 e. The fraction of sp³-hybridized carbons (Fsp3) is 0.111. The van der Waals surface area contributed by atoms with E-state index in [4.69, 9.17) is 4.74 Å². The molecule has 3 aromatic carbocycles. The van der Waals surface area contributed by atoms with Crippen LogP contribution in [0.2, 0.25) is 0 Å². The van der Waals surface area contributed by atoms with E-state index >= 15 is 0 Å². The Balaban J connectivity index is 1.59. The second kappa shape index (κ2) is 10.1. The predicted octanol–water partition coefficient (Wildman–Crippen LogP) is 4.71. The Bertz CT molecular complexity index is 1610. The first-order valence-corrected chi connectivity index (χ1v) is 12.1. The van der Waals surface area contributed by atoms with Gasteiger partial charge in [-0.2, -0.15) is 0 Å². The van der Waals surface area contributed by atoms with E-state index in [0.717, 1.165) is 5.56 Å². The van der Waals surface area contributed by atoms with E-state index in [1.165, 1.54) is 16.3 Å². The molecule has 2 heterocycles. The van der Waals surface area contributed by atoms with Crippen LogP contribution >= 0.6 is 11.8 Å². The molecule has 180 valence electrons. The number of carbonyl (C=O) groups excluding carboxylic acids is 1. The Morgan fingerprint density at radius 2 is 1.78 bits per heavy atom. The standard InChI is InChI=1S/C27H23N5O3S/c1-3-17-31-25(34)21-11-7-8-12-22(21)32-26(31)29-30-27(32)36-23(18-9-5-4-6-10-18)24(33)28-19-13-15-20(35-2)16-14-19/h3-16,23H,1,17H2,2H3,(H,28,33). The van der Waals surface area contributed by atoms with Crippen molar-refractivity contribution < 1.29 is 9.53 Å². The second-order valence-corrected chi connectivity index (χ2v) is 9.04. The summed E-state index contributed by atoms with van der Waals surface area (Å²) in [5, 5.41) is 12.1. The van der Waals surface area contributed by atoms with E-state index in [9.17, 15) is 9.59 Å². The third-order valence-corrected chi connectivity index (χ3v) is 6.91. The molecular formula is C27H23N5O3S. The van der Waals surface area contributed by atoms with Crippen molar-refractivity contribution in [3.63, 3.8) is 0 Å². The number of hydrogen-bond donors (Lipinski definition) is 1. The molecule has 1 N–H and O–H groups in total. The van der Waals surface area contributed by atoms with Crippen LogP contribution in [-0.2, 0) is 11.3 Å². The Morgan fingerprint density at radius 1 is 1.06 bits per heavy atom. The number of fused-ring (bicyclic) bond motifs is 3. The number of benzene rings is 3. The van der Waals surface area contributed by atoms with Crippen LogP contribution in [0.3, 0.4) is 0 Å². The molecule has 36 heavy (non-hydrogen) atoms. The number of carbonyl (C=O) groups is 1. The minimum absolute atomic E-state index is 0.168. The van der Waals surface area contributed by atoms with E-state index < -0.39 is 5.25 Å². The number of anilines is 1. The molecule has 0 radical (unpaired) electrons. The Hall–Kier alpha value is -4.37. The first kappa shape index (κ1) is 23.4. The highest BCUT2D eigenvalue weighted by atomic mass is 32.2. The van der Waals surface area contributed by atoms with Gasteiger partial charge in [-0.25, -0.2) is 0 Å². The maximum Gasteiger partial charge on any atom is 0.263 e. The van der Waals surface area contributed by atoms with E-state index in [-0.39, 0.29) is 18.0 Å². The summed E-state index contributed by atoms with van der Waals surface area (Å²) in [5.41, 5.74) is 1.97. The van der Waals surface area contributed by atoms with Crippen molar-refractivity contribution in [3.8, 4) is 5.75 Å². The molecule has 0 bridgehead atoms. The van der Waals surface area contributed by atoms with Gasteiger partial charge < -0.3 is 10.1 Å². The third kappa shape index (κ3) is 4.36. The first-order chi connectivity index (χ1) is 17.6. The highest BCUT2D eigenvalue weighted by Gasteiger charge is 2.26. The number of hydrogen-bond acceptors (Lipinski definition) is 6. The summed E-state index contributed by atoms with van der Waals surface area (Å²) in [6.07, 6.45) is 1.65. The van der Waals surface area contributed by atoms with Crippen molar-refractivity contribution in [2.75, 3.05) is 12.4 Å². The molecule has 9 heteroatoms. The van der Waals surface area contributed by atoms with Crippen LogP contribution in [-0.4, -0.2) is 32.2 Å². The van der Waals surface area contributed by atoms with Gasteiger partial charge in [0.05, 0.1) is 18.0 Å². The molecule has 5 rings (SSSR count). The van der Waals surface area contributed by atoms with Gasteiger partial charge >= 0.3 is 0 Å². The number of amides is 1. The highest BCUT2D eigenvalue weighted by molar-refractivity contribution is 8.00. The zero-order valence-electron chi connectivity index (χ0n) is 19.5.